The molecule has 1 N–H and O–H groups in total. The van der Waals surface area contributed by atoms with Crippen molar-refractivity contribution < 1.29 is 22.3 Å². The predicted octanol–water partition coefficient (Wildman–Crippen LogP) is 3.63. The van der Waals surface area contributed by atoms with Crippen LogP contribution in [0.5, 0.6) is 5.75 Å². The Balaban J connectivity index is 0.000000220. The summed E-state index contributed by atoms with van der Waals surface area (Å²) < 4.78 is 48.0. The monoisotopic (exact) mass is 436 g/mol. The molecule has 1 aliphatic rings. The number of nitrogens with zero attached hydrogens (tertiary/aromatic N) is 1. The van der Waals surface area contributed by atoms with Crippen LogP contribution in [-0.2, 0) is 20.2 Å². The zero-order valence-electron chi connectivity index (χ0n) is 18.1. The van der Waals surface area contributed by atoms with Crippen LogP contribution >= 0.6 is 0 Å². The molecule has 164 valence electrons. The van der Waals surface area contributed by atoms with E-state index in [1.807, 2.05) is 26.8 Å². The molecule has 2 aromatic rings. The van der Waals surface area contributed by atoms with Crippen molar-refractivity contribution in [2.45, 2.75) is 26.2 Å². The lowest BCUT2D eigenvalue weighted by Crippen LogP contribution is -2.36. The minimum Gasteiger partial charge on any atom is -0.494 e. The first-order valence-corrected chi connectivity index (χ1v) is 11.5. The summed E-state index contributed by atoms with van der Waals surface area (Å²) in [7, 11) is -1.84. The zero-order chi connectivity index (χ0) is 22.4. The standard InChI is InChI=1S/C12H18NO3S.C10H11FNO/c1-12(2,3)9-6-7-11(16-4)10(8-9)13-17(5,14)15;11-9-2-1-3-10(8-9)12-4-6-13-7-5-12/h6,8,13H,1-5H3;2-3,8H,4-7H2. The van der Waals surface area contributed by atoms with Gasteiger partial charge in [-0.2, -0.15) is 0 Å². The molecule has 0 unspecified atom stereocenters. The maximum atomic E-state index is 12.8. The number of halogens is 1. The number of ether oxygens (including phenoxy) is 2. The van der Waals surface area contributed by atoms with Gasteiger partial charge in [0.2, 0.25) is 10.0 Å². The second-order valence-corrected chi connectivity index (χ2v) is 9.72. The third-order valence-electron chi connectivity index (χ3n) is 4.38. The Morgan fingerprint density at radius 3 is 2.37 bits per heavy atom. The molecular weight excluding hydrogens is 407 g/mol. The van der Waals surface area contributed by atoms with Gasteiger partial charge in [-0.1, -0.05) is 20.8 Å². The highest BCUT2D eigenvalue weighted by Gasteiger charge is 2.17. The van der Waals surface area contributed by atoms with Crippen LogP contribution in [0.3, 0.4) is 0 Å². The number of methoxy groups -OCH3 is 1. The van der Waals surface area contributed by atoms with E-state index < -0.39 is 10.0 Å². The van der Waals surface area contributed by atoms with E-state index in [9.17, 15) is 12.8 Å². The molecule has 0 saturated carbocycles. The maximum Gasteiger partial charge on any atom is 0.229 e. The van der Waals surface area contributed by atoms with Crippen molar-refractivity contribution >= 4 is 21.4 Å². The summed E-state index contributed by atoms with van der Waals surface area (Å²) in [5.74, 6) is 0.160. The van der Waals surface area contributed by atoms with Gasteiger partial charge in [0.05, 0.1) is 32.3 Å². The summed E-state index contributed by atoms with van der Waals surface area (Å²) in [5, 5.41) is 0. The molecule has 3 rings (SSSR count). The van der Waals surface area contributed by atoms with Crippen LogP contribution in [-0.4, -0.2) is 48.1 Å². The second-order valence-electron chi connectivity index (χ2n) is 7.97. The summed E-state index contributed by atoms with van der Waals surface area (Å²) in [4.78, 5) is 2.10. The topological polar surface area (TPSA) is 67.9 Å². The molecule has 0 bridgehead atoms. The van der Waals surface area contributed by atoms with Crippen molar-refractivity contribution in [3.8, 4) is 5.75 Å². The Bertz CT molecular complexity index is 936. The van der Waals surface area contributed by atoms with Crippen LogP contribution < -0.4 is 14.4 Å². The number of nitrogens with one attached hydrogen (secondary N) is 1. The average molecular weight is 437 g/mol. The summed E-state index contributed by atoms with van der Waals surface area (Å²) in [6, 6.07) is 14.0. The quantitative estimate of drug-likeness (QED) is 0.793. The van der Waals surface area contributed by atoms with E-state index in [1.54, 1.807) is 12.1 Å². The van der Waals surface area contributed by atoms with Crippen LogP contribution in [0.15, 0.2) is 30.3 Å². The Morgan fingerprint density at radius 2 is 1.83 bits per heavy atom. The van der Waals surface area contributed by atoms with Gasteiger partial charge < -0.3 is 14.4 Å². The number of hydrogen-bond donors (Lipinski definition) is 1. The second kappa shape index (κ2) is 10.1. The Labute approximate surface area is 179 Å². The van der Waals surface area contributed by atoms with E-state index >= 15 is 0 Å². The lowest BCUT2D eigenvalue weighted by atomic mass is 9.87. The van der Waals surface area contributed by atoms with Crippen molar-refractivity contribution in [1.82, 2.24) is 0 Å². The molecule has 0 amide bonds. The number of anilines is 2. The van der Waals surface area contributed by atoms with Crippen molar-refractivity contribution in [3.05, 3.63) is 53.8 Å². The molecular formula is C22H29FN2O4S. The smallest absolute Gasteiger partial charge is 0.229 e. The molecule has 30 heavy (non-hydrogen) atoms. The van der Waals surface area contributed by atoms with E-state index in [1.165, 1.54) is 19.2 Å². The first-order chi connectivity index (χ1) is 14.0. The lowest BCUT2D eigenvalue weighted by molar-refractivity contribution is 0.122. The Kier molecular flexibility index (Phi) is 8.09. The van der Waals surface area contributed by atoms with E-state index in [0.717, 1.165) is 43.8 Å². The molecule has 0 aliphatic carbocycles. The van der Waals surface area contributed by atoms with Gasteiger partial charge in [-0.25, -0.2) is 12.8 Å². The van der Waals surface area contributed by atoms with Gasteiger partial charge in [-0.3, -0.25) is 4.72 Å². The first-order valence-electron chi connectivity index (χ1n) is 9.57. The number of morpholine rings is 1. The minimum absolute atomic E-state index is 0.0727. The van der Waals surface area contributed by atoms with Crippen LogP contribution in [0.2, 0.25) is 0 Å². The largest absolute Gasteiger partial charge is 0.494 e. The fourth-order valence-corrected chi connectivity index (χ4v) is 3.35. The van der Waals surface area contributed by atoms with Crippen molar-refractivity contribution in [1.29, 1.82) is 0 Å². The highest BCUT2D eigenvalue weighted by molar-refractivity contribution is 7.92. The minimum atomic E-state index is -3.32. The molecule has 0 atom stereocenters. The average Bonchev–Trinajstić information content (AvgIpc) is 2.67. The first kappa shape index (κ1) is 24.0. The van der Waals surface area contributed by atoms with Crippen LogP contribution in [0.4, 0.5) is 15.8 Å². The molecule has 1 aliphatic heterocycles. The summed E-state index contributed by atoms with van der Waals surface area (Å²) in [6.45, 7) is 9.24. The van der Waals surface area contributed by atoms with Gasteiger partial charge in [0, 0.05) is 24.8 Å². The molecule has 1 heterocycles. The molecule has 2 radical (unpaired) electrons. The van der Waals surface area contributed by atoms with E-state index in [2.05, 4.69) is 21.8 Å². The predicted molar refractivity (Wildman–Crippen MR) is 117 cm³/mol. The fourth-order valence-electron chi connectivity index (χ4n) is 2.80. The van der Waals surface area contributed by atoms with E-state index in [4.69, 9.17) is 9.47 Å². The van der Waals surface area contributed by atoms with Gasteiger partial charge in [-0.05, 0) is 47.4 Å². The zero-order valence-corrected chi connectivity index (χ0v) is 18.9. The fraction of sp³-hybridized carbons (Fsp3) is 0.455. The van der Waals surface area contributed by atoms with Gasteiger partial charge >= 0.3 is 0 Å². The molecule has 0 aromatic heterocycles. The van der Waals surface area contributed by atoms with Crippen LogP contribution in [0.25, 0.3) is 0 Å². The highest BCUT2D eigenvalue weighted by atomic mass is 32.2. The molecule has 1 saturated heterocycles. The van der Waals surface area contributed by atoms with Gasteiger partial charge in [0.1, 0.15) is 5.82 Å². The third kappa shape index (κ3) is 7.50. The van der Waals surface area contributed by atoms with Gasteiger partial charge in [0.15, 0.2) is 5.75 Å². The molecule has 8 heteroatoms. The van der Waals surface area contributed by atoms with Crippen molar-refractivity contribution in [2.24, 2.45) is 0 Å². The number of hydrogen-bond acceptors (Lipinski definition) is 5. The normalized spacial score (nSPS) is 14.5. The Morgan fingerprint density at radius 1 is 1.17 bits per heavy atom. The third-order valence-corrected chi connectivity index (χ3v) is 4.97. The molecule has 6 nitrogen and oxygen atoms in total. The molecule has 0 spiro atoms. The SMILES string of the molecule is COc1[c]cc(C(C)(C)C)cc1NS(C)(=O)=O.Fc1c[c]cc(N2CCOCC2)c1. The van der Waals surface area contributed by atoms with Crippen LogP contribution in [0, 0.1) is 17.9 Å². The molecule has 2 aromatic carbocycles. The van der Waals surface area contributed by atoms with Crippen LogP contribution in [0.1, 0.15) is 26.3 Å². The molecule has 1 fully saturated rings. The summed E-state index contributed by atoms with van der Waals surface area (Å²) >= 11 is 0. The van der Waals surface area contributed by atoms with Crippen molar-refractivity contribution in [3.63, 3.8) is 0 Å². The number of sulfonamides is 1. The van der Waals surface area contributed by atoms with E-state index in [0.29, 0.717) is 11.4 Å². The number of benzene rings is 2. The Hall–Kier alpha value is -2.32. The summed E-state index contributed by atoms with van der Waals surface area (Å²) in [5.41, 5.74) is 2.23. The van der Waals surface area contributed by atoms with E-state index in [-0.39, 0.29) is 11.2 Å². The highest BCUT2D eigenvalue weighted by Crippen LogP contribution is 2.31. The number of rotatable bonds is 4. The van der Waals surface area contributed by atoms with Crippen molar-refractivity contribution in [2.75, 3.05) is 49.3 Å². The van der Waals surface area contributed by atoms with Gasteiger partial charge in [0.25, 0.3) is 0 Å². The van der Waals surface area contributed by atoms with Gasteiger partial charge in [-0.15, -0.1) is 0 Å². The lowest BCUT2D eigenvalue weighted by Gasteiger charge is -2.28. The summed E-state index contributed by atoms with van der Waals surface area (Å²) in [6.07, 6.45) is 1.11. The maximum absolute atomic E-state index is 12.8.